The second-order valence-electron chi connectivity index (χ2n) is 6.14. The SMILES string of the molecule is Cc1ccsc1[C@H]1[C@@H](c2ccccn2)NC(=S)N1CC(C)C. The smallest absolute Gasteiger partial charge is 0.170 e. The third-order valence-electron chi connectivity index (χ3n) is 3.93. The van der Waals surface area contributed by atoms with Gasteiger partial charge in [-0.3, -0.25) is 4.98 Å². The molecule has 1 aliphatic heterocycles. The summed E-state index contributed by atoms with van der Waals surface area (Å²) in [5.41, 5.74) is 2.38. The molecular formula is C17H21N3S2. The highest BCUT2D eigenvalue weighted by Gasteiger charge is 2.40. The van der Waals surface area contributed by atoms with Crippen molar-refractivity contribution in [1.82, 2.24) is 15.2 Å². The Hall–Kier alpha value is -1.46. The number of thiophene rings is 1. The van der Waals surface area contributed by atoms with Crippen LogP contribution in [0.3, 0.4) is 0 Å². The summed E-state index contributed by atoms with van der Waals surface area (Å²) in [6.45, 7) is 7.59. The van der Waals surface area contributed by atoms with Crippen LogP contribution in [0.1, 0.15) is 42.1 Å². The highest BCUT2D eigenvalue weighted by atomic mass is 32.1. The van der Waals surface area contributed by atoms with Crippen LogP contribution < -0.4 is 5.32 Å². The Morgan fingerprint density at radius 1 is 1.36 bits per heavy atom. The maximum absolute atomic E-state index is 5.62. The zero-order valence-electron chi connectivity index (χ0n) is 13.1. The summed E-state index contributed by atoms with van der Waals surface area (Å²) < 4.78 is 0. The largest absolute Gasteiger partial charge is 0.352 e. The molecule has 0 saturated carbocycles. The van der Waals surface area contributed by atoms with E-state index >= 15 is 0 Å². The molecule has 2 aromatic heterocycles. The number of nitrogens with zero attached hydrogens (tertiary/aromatic N) is 2. The van der Waals surface area contributed by atoms with Crippen molar-refractivity contribution in [2.75, 3.05) is 6.54 Å². The van der Waals surface area contributed by atoms with Gasteiger partial charge >= 0.3 is 0 Å². The molecule has 1 saturated heterocycles. The number of pyridine rings is 1. The molecule has 2 atom stereocenters. The molecule has 0 bridgehead atoms. The molecule has 1 N–H and O–H groups in total. The maximum atomic E-state index is 5.62. The van der Waals surface area contributed by atoms with E-state index in [0.29, 0.717) is 5.92 Å². The third-order valence-corrected chi connectivity index (χ3v) is 5.37. The van der Waals surface area contributed by atoms with Gasteiger partial charge in [0.05, 0.1) is 17.8 Å². The lowest BCUT2D eigenvalue weighted by Gasteiger charge is -2.28. The summed E-state index contributed by atoms with van der Waals surface area (Å²) in [5.74, 6) is 0.560. The van der Waals surface area contributed by atoms with Crippen LogP contribution in [0.4, 0.5) is 0 Å². The van der Waals surface area contributed by atoms with Crippen molar-refractivity contribution in [2.45, 2.75) is 32.9 Å². The molecule has 5 heteroatoms. The fourth-order valence-electron chi connectivity index (χ4n) is 2.97. The van der Waals surface area contributed by atoms with E-state index in [-0.39, 0.29) is 12.1 Å². The van der Waals surface area contributed by atoms with Gasteiger partial charge in [0.1, 0.15) is 0 Å². The lowest BCUT2D eigenvalue weighted by Crippen LogP contribution is -2.32. The molecule has 0 unspecified atom stereocenters. The Kier molecular flexibility index (Phi) is 4.45. The first-order chi connectivity index (χ1) is 10.6. The summed E-state index contributed by atoms with van der Waals surface area (Å²) in [7, 11) is 0. The van der Waals surface area contributed by atoms with Gasteiger partial charge in [-0.1, -0.05) is 19.9 Å². The summed E-state index contributed by atoms with van der Waals surface area (Å²) in [5, 5.41) is 6.49. The maximum Gasteiger partial charge on any atom is 0.170 e. The van der Waals surface area contributed by atoms with Crippen molar-refractivity contribution in [3.05, 3.63) is 52.0 Å². The van der Waals surface area contributed by atoms with Crippen LogP contribution in [-0.4, -0.2) is 21.5 Å². The normalized spacial score (nSPS) is 21.5. The first kappa shape index (κ1) is 15.4. The molecule has 0 aliphatic carbocycles. The Morgan fingerprint density at radius 2 is 2.18 bits per heavy atom. The molecule has 116 valence electrons. The minimum atomic E-state index is 0.116. The van der Waals surface area contributed by atoms with Crippen molar-refractivity contribution >= 4 is 28.7 Å². The van der Waals surface area contributed by atoms with E-state index in [2.05, 4.69) is 53.5 Å². The van der Waals surface area contributed by atoms with Crippen molar-refractivity contribution < 1.29 is 0 Å². The quantitative estimate of drug-likeness (QED) is 0.855. The zero-order chi connectivity index (χ0) is 15.7. The van der Waals surface area contributed by atoms with Gasteiger partial charge in [-0.25, -0.2) is 0 Å². The first-order valence-electron chi connectivity index (χ1n) is 7.60. The van der Waals surface area contributed by atoms with Gasteiger partial charge in [0.25, 0.3) is 0 Å². The molecule has 0 aromatic carbocycles. The van der Waals surface area contributed by atoms with Gasteiger partial charge in [-0.05, 0) is 54.2 Å². The van der Waals surface area contributed by atoms with Crippen LogP contribution >= 0.6 is 23.6 Å². The first-order valence-corrected chi connectivity index (χ1v) is 8.88. The fraction of sp³-hybridized carbons (Fsp3) is 0.412. The molecule has 3 rings (SSSR count). The van der Waals surface area contributed by atoms with Crippen molar-refractivity contribution in [2.24, 2.45) is 5.92 Å². The number of rotatable bonds is 4. The molecule has 0 radical (unpaired) electrons. The van der Waals surface area contributed by atoms with Crippen LogP contribution in [0.15, 0.2) is 35.8 Å². The van der Waals surface area contributed by atoms with Gasteiger partial charge in [-0.2, -0.15) is 0 Å². The number of aromatic nitrogens is 1. The molecule has 22 heavy (non-hydrogen) atoms. The van der Waals surface area contributed by atoms with Crippen LogP contribution in [0.25, 0.3) is 0 Å². The number of hydrogen-bond acceptors (Lipinski definition) is 3. The molecular weight excluding hydrogens is 310 g/mol. The predicted octanol–water partition coefficient (Wildman–Crippen LogP) is 4.08. The van der Waals surface area contributed by atoms with Gasteiger partial charge < -0.3 is 10.2 Å². The van der Waals surface area contributed by atoms with Crippen molar-refractivity contribution in [1.29, 1.82) is 0 Å². The zero-order valence-corrected chi connectivity index (χ0v) is 14.7. The minimum absolute atomic E-state index is 0.116. The lowest BCUT2D eigenvalue weighted by atomic mass is 10.0. The second-order valence-corrected chi connectivity index (χ2v) is 7.48. The van der Waals surface area contributed by atoms with Gasteiger partial charge in [0.2, 0.25) is 0 Å². The predicted molar refractivity (Wildman–Crippen MR) is 96.1 cm³/mol. The molecule has 1 aliphatic rings. The molecule has 3 heterocycles. The van der Waals surface area contributed by atoms with E-state index in [4.69, 9.17) is 12.2 Å². The molecule has 2 aromatic rings. The van der Waals surface area contributed by atoms with Crippen molar-refractivity contribution in [3.63, 3.8) is 0 Å². The average Bonchev–Trinajstić information content (AvgIpc) is 3.04. The van der Waals surface area contributed by atoms with E-state index in [1.54, 1.807) is 0 Å². The number of hydrogen-bond donors (Lipinski definition) is 1. The van der Waals surface area contributed by atoms with Crippen LogP contribution in [0, 0.1) is 12.8 Å². The third kappa shape index (κ3) is 2.88. The van der Waals surface area contributed by atoms with Crippen LogP contribution in [0.5, 0.6) is 0 Å². The fourth-order valence-corrected chi connectivity index (χ4v) is 4.36. The van der Waals surface area contributed by atoms with Gasteiger partial charge in [-0.15, -0.1) is 11.3 Å². The van der Waals surface area contributed by atoms with Crippen LogP contribution in [0.2, 0.25) is 0 Å². The number of nitrogens with one attached hydrogen (secondary N) is 1. The highest BCUT2D eigenvalue weighted by molar-refractivity contribution is 7.80. The van der Waals surface area contributed by atoms with Crippen molar-refractivity contribution in [3.8, 4) is 0 Å². The van der Waals surface area contributed by atoms with Gasteiger partial charge in [0.15, 0.2) is 5.11 Å². The van der Waals surface area contributed by atoms with Gasteiger partial charge in [0, 0.05) is 17.6 Å². The summed E-state index contributed by atoms with van der Waals surface area (Å²) >= 11 is 7.43. The lowest BCUT2D eigenvalue weighted by molar-refractivity contribution is 0.291. The summed E-state index contributed by atoms with van der Waals surface area (Å²) in [6.07, 6.45) is 1.85. The Labute approximate surface area is 141 Å². The number of aryl methyl sites for hydroxylation is 1. The molecule has 0 amide bonds. The molecule has 1 fully saturated rings. The van der Waals surface area contributed by atoms with E-state index in [0.717, 1.165) is 17.4 Å². The van der Waals surface area contributed by atoms with Crippen LogP contribution in [-0.2, 0) is 0 Å². The molecule has 0 spiro atoms. The Morgan fingerprint density at radius 3 is 2.77 bits per heavy atom. The minimum Gasteiger partial charge on any atom is -0.352 e. The number of thiocarbonyl (C=S) groups is 1. The van der Waals surface area contributed by atoms with E-state index in [9.17, 15) is 0 Å². The van der Waals surface area contributed by atoms with E-state index in [1.807, 2.05) is 29.7 Å². The standard InChI is InChI=1S/C17H21N3S2/c1-11(2)10-20-15(16-12(3)7-9-22-16)14(19-17(20)21)13-6-4-5-8-18-13/h4-9,11,14-15H,10H2,1-3H3,(H,19,21)/t14-,15-/m1/s1. The average molecular weight is 332 g/mol. The Bertz CT molecular complexity index is 651. The topological polar surface area (TPSA) is 28.2 Å². The summed E-state index contributed by atoms with van der Waals surface area (Å²) in [4.78, 5) is 8.26. The van der Waals surface area contributed by atoms with E-state index < -0.39 is 0 Å². The molecule has 3 nitrogen and oxygen atoms in total. The highest BCUT2D eigenvalue weighted by Crippen LogP contribution is 2.42. The summed E-state index contributed by atoms with van der Waals surface area (Å²) in [6, 6.07) is 8.60. The second kappa shape index (κ2) is 6.34. The monoisotopic (exact) mass is 331 g/mol. The Balaban J connectivity index is 2.02. The van der Waals surface area contributed by atoms with E-state index in [1.165, 1.54) is 10.4 Å².